The van der Waals surface area contributed by atoms with Gasteiger partial charge in [-0.15, -0.1) is 11.3 Å². The third kappa shape index (κ3) is 2.44. The Labute approximate surface area is 102 Å². The van der Waals surface area contributed by atoms with Gasteiger partial charge in [-0.05, 0) is 39.4 Å². The summed E-state index contributed by atoms with van der Waals surface area (Å²) in [5, 5.41) is 7.06. The van der Waals surface area contributed by atoms with Crippen molar-refractivity contribution < 1.29 is 0 Å². The lowest BCUT2D eigenvalue weighted by Gasteiger charge is -2.41. The Bertz CT molecular complexity index is 312. The maximum absolute atomic E-state index is 4.53. The SMILES string of the molecule is CCCNC1(c2nccs2)CCCN(C)C1. The Morgan fingerprint density at radius 1 is 1.62 bits per heavy atom. The van der Waals surface area contributed by atoms with E-state index in [2.05, 4.69) is 34.6 Å². The molecule has 90 valence electrons. The number of aromatic nitrogens is 1. The van der Waals surface area contributed by atoms with Gasteiger partial charge in [-0.25, -0.2) is 4.98 Å². The summed E-state index contributed by atoms with van der Waals surface area (Å²) in [4.78, 5) is 6.94. The van der Waals surface area contributed by atoms with Gasteiger partial charge in [0.25, 0.3) is 0 Å². The molecule has 1 aliphatic heterocycles. The second kappa shape index (κ2) is 5.25. The van der Waals surface area contributed by atoms with E-state index in [0.29, 0.717) is 0 Å². The van der Waals surface area contributed by atoms with E-state index in [1.54, 1.807) is 11.3 Å². The maximum atomic E-state index is 4.53. The molecule has 0 aliphatic carbocycles. The number of hydrogen-bond acceptors (Lipinski definition) is 4. The average Bonchev–Trinajstić information content (AvgIpc) is 2.80. The quantitative estimate of drug-likeness (QED) is 0.872. The molecule has 0 saturated carbocycles. The van der Waals surface area contributed by atoms with E-state index in [9.17, 15) is 0 Å². The third-order valence-electron chi connectivity index (χ3n) is 3.24. The molecule has 0 bridgehead atoms. The van der Waals surface area contributed by atoms with Crippen LogP contribution in [-0.2, 0) is 5.54 Å². The number of likely N-dealkylation sites (N-methyl/N-ethyl adjacent to an activating group) is 1. The predicted octanol–water partition coefficient (Wildman–Crippen LogP) is 2.06. The first-order valence-corrected chi connectivity index (χ1v) is 6.98. The smallest absolute Gasteiger partial charge is 0.114 e. The molecule has 1 saturated heterocycles. The number of likely N-dealkylation sites (tertiary alicyclic amines) is 1. The molecule has 1 aromatic rings. The van der Waals surface area contributed by atoms with Crippen molar-refractivity contribution in [1.29, 1.82) is 0 Å². The lowest BCUT2D eigenvalue weighted by Crippen LogP contribution is -2.53. The number of nitrogens with zero attached hydrogens (tertiary/aromatic N) is 2. The number of nitrogens with one attached hydrogen (secondary N) is 1. The fraction of sp³-hybridized carbons (Fsp3) is 0.750. The normalized spacial score (nSPS) is 27.1. The summed E-state index contributed by atoms with van der Waals surface area (Å²) >= 11 is 1.78. The Morgan fingerprint density at radius 3 is 3.12 bits per heavy atom. The molecule has 2 heterocycles. The van der Waals surface area contributed by atoms with Gasteiger partial charge in [0.2, 0.25) is 0 Å². The van der Waals surface area contributed by atoms with Gasteiger partial charge in [0, 0.05) is 18.1 Å². The van der Waals surface area contributed by atoms with E-state index >= 15 is 0 Å². The van der Waals surface area contributed by atoms with Crippen LogP contribution >= 0.6 is 11.3 Å². The minimum absolute atomic E-state index is 0.108. The zero-order valence-electron chi connectivity index (χ0n) is 10.2. The highest BCUT2D eigenvalue weighted by atomic mass is 32.1. The lowest BCUT2D eigenvalue weighted by atomic mass is 9.89. The summed E-state index contributed by atoms with van der Waals surface area (Å²) < 4.78 is 0. The van der Waals surface area contributed by atoms with Gasteiger partial charge in [-0.2, -0.15) is 0 Å². The van der Waals surface area contributed by atoms with Crippen molar-refractivity contribution in [2.75, 3.05) is 26.7 Å². The first-order chi connectivity index (χ1) is 7.77. The molecule has 1 aromatic heterocycles. The third-order valence-corrected chi connectivity index (χ3v) is 4.22. The van der Waals surface area contributed by atoms with Crippen LogP contribution in [-0.4, -0.2) is 36.6 Å². The van der Waals surface area contributed by atoms with Crippen molar-refractivity contribution in [2.24, 2.45) is 0 Å². The van der Waals surface area contributed by atoms with Gasteiger partial charge < -0.3 is 10.2 Å². The highest BCUT2D eigenvalue weighted by Gasteiger charge is 2.37. The Morgan fingerprint density at radius 2 is 2.50 bits per heavy atom. The number of thiazole rings is 1. The van der Waals surface area contributed by atoms with Crippen LogP contribution in [0.1, 0.15) is 31.2 Å². The fourth-order valence-electron chi connectivity index (χ4n) is 2.49. The summed E-state index contributed by atoms with van der Waals surface area (Å²) in [6, 6.07) is 0. The fourth-order valence-corrected chi connectivity index (χ4v) is 3.32. The molecule has 0 amide bonds. The molecule has 16 heavy (non-hydrogen) atoms. The molecule has 0 spiro atoms. The van der Waals surface area contributed by atoms with Gasteiger partial charge in [0.15, 0.2) is 0 Å². The van der Waals surface area contributed by atoms with E-state index in [1.165, 1.54) is 30.8 Å². The van der Waals surface area contributed by atoms with Crippen LogP contribution in [0.2, 0.25) is 0 Å². The largest absolute Gasteiger partial charge is 0.304 e. The highest BCUT2D eigenvalue weighted by molar-refractivity contribution is 7.09. The van der Waals surface area contributed by atoms with Crippen LogP contribution in [0, 0.1) is 0 Å². The Kier molecular flexibility index (Phi) is 3.95. The molecular weight excluding hydrogens is 218 g/mol. The predicted molar refractivity (Wildman–Crippen MR) is 68.8 cm³/mol. The average molecular weight is 239 g/mol. The van der Waals surface area contributed by atoms with Crippen LogP contribution < -0.4 is 5.32 Å². The van der Waals surface area contributed by atoms with Crippen molar-refractivity contribution in [3.8, 4) is 0 Å². The molecule has 3 nitrogen and oxygen atoms in total. The molecule has 1 atom stereocenters. The zero-order chi connectivity index (χ0) is 11.4. The molecule has 4 heteroatoms. The molecule has 1 fully saturated rings. The van der Waals surface area contributed by atoms with E-state index in [-0.39, 0.29) is 5.54 Å². The number of rotatable bonds is 4. The summed E-state index contributed by atoms with van der Waals surface area (Å²) in [5.74, 6) is 0. The Balaban J connectivity index is 2.18. The van der Waals surface area contributed by atoms with Crippen molar-refractivity contribution in [3.05, 3.63) is 16.6 Å². The van der Waals surface area contributed by atoms with E-state index in [4.69, 9.17) is 0 Å². The molecule has 1 N–H and O–H groups in total. The first-order valence-electron chi connectivity index (χ1n) is 6.10. The molecule has 1 aliphatic rings. The summed E-state index contributed by atoms with van der Waals surface area (Å²) in [5.41, 5.74) is 0.108. The van der Waals surface area contributed by atoms with Crippen LogP contribution in [0.4, 0.5) is 0 Å². The standard InChI is InChI=1S/C12H21N3S/c1-3-6-14-12(11-13-7-9-16-11)5-4-8-15(2)10-12/h7,9,14H,3-6,8,10H2,1-2H3. The van der Waals surface area contributed by atoms with Gasteiger partial charge in [-0.3, -0.25) is 0 Å². The van der Waals surface area contributed by atoms with Gasteiger partial charge >= 0.3 is 0 Å². The zero-order valence-corrected chi connectivity index (χ0v) is 11.0. The van der Waals surface area contributed by atoms with E-state index in [0.717, 1.165) is 13.1 Å². The van der Waals surface area contributed by atoms with Gasteiger partial charge in [-0.1, -0.05) is 6.92 Å². The van der Waals surface area contributed by atoms with E-state index in [1.807, 2.05) is 6.20 Å². The maximum Gasteiger partial charge on any atom is 0.114 e. The minimum atomic E-state index is 0.108. The summed E-state index contributed by atoms with van der Waals surface area (Å²) in [6.45, 7) is 5.59. The second-order valence-corrected chi connectivity index (χ2v) is 5.58. The van der Waals surface area contributed by atoms with Crippen LogP contribution in [0.5, 0.6) is 0 Å². The molecule has 0 radical (unpaired) electrons. The summed E-state index contributed by atoms with van der Waals surface area (Å²) in [7, 11) is 2.20. The lowest BCUT2D eigenvalue weighted by molar-refractivity contribution is 0.143. The van der Waals surface area contributed by atoms with Gasteiger partial charge in [0.05, 0.1) is 5.54 Å². The summed E-state index contributed by atoms with van der Waals surface area (Å²) in [6.07, 6.45) is 5.57. The van der Waals surface area contributed by atoms with Crippen LogP contribution in [0.15, 0.2) is 11.6 Å². The molecule has 1 unspecified atom stereocenters. The van der Waals surface area contributed by atoms with Crippen LogP contribution in [0.3, 0.4) is 0 Å². The van der Waals surface area contributed by atoms with Crippen molar-refractivity contribution in [3.63, 3.8) is 0 Å². The Hall–Kier alpha value is -0.450. The molecule has 0 aromatic carbocycles. The van der Waals surface area contributed by atoms with Crippen molar-refractivity contribution in [1.82, 2.24) is 15.2 Å². The van der Waals surface area contributed by atoms with Crippen molar-refractivity contribution >= 4 is 11.3 Å². The highest BCUT2D eigenvalue weighted by Crippen LogP contribution is 2.32. The van der Waals surface area contributed by atoms with Crippen molar-refractivity contribution in [2.45, 2.75) is 31.7 Å². The van der Waals surface area contributed by atoms with Crippen LogP contribution in [0.25, 0.3) is 0 Å². The molecule has 2 rings (SSSR count). The molecular formula is C12H21N3S. The minimum Gasteiger partial charge on any atom is -0.304 e. The van der Waals surface area contributed by atoms with Gasteiger partial charge in [0.1, 0.15) is 5.01 Å². The monoisotopic (exact) mass is 239 g/mol. The topological polar surface area (TPSA) is 28.2 Å². The number of hydrogen-bond donors (Lipinski definition) is 1. The van der Waals surface area contributed by atoms with E-state index < -0.39 is 0 Å². The second-order valence-electron chi connectivity index (χ2n) is 4.69. The first kappa shape index (κ1) is 12.0. The number of piperidine rings is 1.